The maximum Gasteiger partial charge on any atom is 0.389 e. The first kappa shape index (κ1) is 17.1. The van der Waals surface area contributed by atoms with Gasteiger partial charge in [0.05, 0.1) is 8.67 Å². The highest BCUT2D eigenvalue weighted by atomic mass is 35.5. The number of nitrogens with one attached hydrogen (secondary N) is 1. The standard InChI is InChI=1S/C12H16Cl2F3NS/c1-2-6-18-9(4-3-5-12(15,16)17)8-7-10(13)19-11(8)14/h7,9,18H,2-6H2,1H3. The van der Waals surface area contributed by atoms with E-state index < -0.39 is 12.6 Å². The van der Waals surface area contributed by atoms with Crippen LogP contribution in [0.3, 0.4) is 0 Å². The molecule has 19 heavy (non-hydrogen) atoms. The van der Waals surface area contributed by atoms with Crippen molar-refractivity contribution < 1.29 is 13.2 Å². The number of halogens is 5. The molecule has 1 N–H and O–H groups in total. The van der Waals surface area contributed by atoms with Crippen LogP contribution >= 0.6 is 34.5 Å². The van der Waals surface area contributed by atoms with Gasteiger partial charge in [0, 0.05) is 18.0 Å². The molecule has 0 fully saturated rings. The Morgan fingerprint density at radius 1 is 1.37 bits per heavy atom. The second-order valence-corrected chi connectivity index (χ2v) is 6.58. The zero-order valence-corrected chi connectivity index (χ0v) is 12.8. The van der Waals surface area contributed by atoms with Gasteiger partial charge in [0.2, 0.25) is 0 Å². The van der Waals surface area contributed by atoms with Crippen molar-refractivity contribution in [3.63, 3.8) is 0 Å². The zero-order chi connectivity index (χ0) is 14.5. The molecule has 0 aliphatic heterocycles. The Morgan fingerprint density at radius 2 is 2.05 bits per heavy atom. The average molecular weight is 334 g/mol. The van der Waals surface area contributed by atoms with Gasteiger partial charge in [-0.15, -0.1) is 11.3 Å². The Kier molecular flexibility index (Phi) is 6.94. The van der Waals surface area contributed by atoms with Gasteiger partial charge in [-0.25, -0.2) is 0 Å². The van der Waals surface area contributed by atoms with Crippen LogP contribution in [0.2, 0.25) is 8.67 Å². The van der Waals surface area contributed by atoms with E-state index in [4.69, 9.17) is 23.2 Å². The van der Waals surface area contributed by atoms with Gasteiger partial charge in [0.1, 0.15) is 0 Å². The molecule has 1 aromatic rings. The summed E-state index contributed by atoms with van der Waals surface area (Å²) >= 11 is 13.2. The Balaban J connectivity index is 2.64. The molecule has 0 amide bonds. The van der Waals surface area contributed by atoms with Gasteiger partial charge in [0.15, 0.2) is 0 Å². The van der Waals surface area contributed by atoms with Gasteiger partial charge >= 0.3 is 6.18 Å². The summed E-state index contributed by atoms with van der Waals surface area (Å²) in [6.07, 6.45) is -3.50. The lowest BCUT2D eigenvalue weighted by Crippen LogP contribution is -2.22. The van der Waals surface area contributed by atoms with Crippen molar-refractivity contribution in [2.75, 3.05) is 6.54 Å². The van der Waals surface area contributed by atoms with Crippen LogP contribution in [0.5, 0.6) is 0 Å². The van der Waals surface area contributed by atoms with E-state index in [0.717, 1.165) is 18.5 Å². The summed E-state index contributed by atoms with van der Waals surface area (Å²) in [6.45, 7) is 2.74. The van der Waals surface area contributed by atoms with Gasteiger partial charge in [-0.2, -0.15) is 13.2 Å². The fraction of sp³-hybridized carbons (Fsp3) is 0.667. The second-order valence-electron chi connectivity index (χ2n) is 4.29. The minimum absolute atomic E-state index is 0.0781. The van der Waals surface area contributed by atoms with Crippen LogP contribution in [-0.2, 0) is 0 Å². The van der Waals surface area contributed by atoms with Gasteiger partial charge in [-0.1, -0.05) is 30.1 Å². The first-order valence-corrected chi connectivity index (χ1v) is 7.65. The first-order chi connectivity index (χ1) is 8.83. The monoisotopic (exact) mass is 333 g/mol. The fourth-order valence-corrected chi connectivity index (χ4v) is 3.36. The van der Waals surface area contributed by atoms with E-state index in [1.807, 2.05) is 6.92 Å². The van der Waals surface area contributed by atoms with E-state index in [2.05, 4.69) is 5.32 Å². The summed E-state index contributed by atoms with van der Waals surface area (Å²) in [5.41, 5.74) is 0.798. The van der Waals surface area contributed by atoms with E-state index >= 15 is 0 Å². The molecule has 110 valence electrons. The average Bonchev–Trinajstić information content (AvgIpc) is 2.61. The van der Waals surface area contributed by atoms with E-state index in [0.29, 0.717) is 15.1 Å². The minimum atomic E-state index is -4.11. The molecule has 0 radical (unpaired) electrons. The van der Waals surface area contributed by atoms with Crippen LogP contribution in [0.4, 0.5) is 13.2 Å². The molecule has 7 heteroatoms. The fourth-order valence-electron chi connectivity index (χ4n) is 1.78. The topological polar surface area (TPSA) is 12.0 Å². The summed E-state index contributed by atoms with van der Waals surface area (Å²) in [5, 5.41) is 3.22. The number of hydrogen-bond acceptors (Lipinski definition) is 2. The Morgan fingerprint density at radius 3 is 2.53 bits per heavy atom. The second kappa shape index (κ2) is 7.72. The lowest BCUT2D eigenvalue weighted by Gasteiger charge is -2.18. The number of hydrogen-bond donors (Lipinski definition) is 1. The van der Waals surface area contributed by atoms with Crippen LogP contribution in [0.25, 0.3) is 0 Å². The molecular weight excluding hydrogens is 318 g/mol. The maximum atomic E-state index is 12.2. The van der Waals surface area contributed by atoms with Crippen LogP contribution in [0.15, 0.2) is 6.07 Å². The van der Waals surface area contributed by atoms with Crippen molar-refractivity contribution in [3.8, 4) is 0 Å². The van der Waals surface area contributed by atoms with Gasteiger partial charge in [0.25, 0.3) is 0 Å². The highest BCUT2D eigenvalue weighted by Crippen LogP contribution is 2.37. The van der Waals surface area contributed by atoms with E-state index in [1.54, 1.807) is 6.07 Å². The normalized spacial score (nSPS) is 13.8. The molecule has 0 spiro atoms. The predicted octanol–water partition coefficient (Wildman–Crippen LogP) is 5.83. The molecule has 1 atom stereocenters. The molecule has 1 aromatic heterocycles. The highest BCUT2D eigenvalue weighted by Gasteiger charge is 2.27. The quantitative estimate of drug-likeness (QED) is 0.662. The Labute approximate surface area is 125 Å². The SMILES string of the molecule is CCCNC(CCCC(F)(F)F)c1cc(Cl)sc1Cl. The number of rotatable bonds is 7. The summed E-state index contributed by atoms with van der Waals surface area (Å²) in [7, 11) is 0. The summed E-state index contributed by atoms with van der Waals surface area (Å²) in [4.78, 5) is 0. The van der Waals surface area contributed by atoms with Crippen LogP contribution in [0.1, 0.15) is 44.2 Å². The van der Waals surface area contributed by atoms with Gasteiger partial charge in [-0.05, 0) is 31.9 Å². The zero-order valence-electron chi connectivity index (χ0n) is 10.5. The third kappa shape index (κ3) is 6.34. The largest absolute Gasteiger partial charge is 0.389 e. The van der Waals surface area contributed by atoms with Crippen LogP contribution < -0.4 is 5.32 Å². The predicted molar refractivity (Wildman–Crippen MR) is 75.3 cm³/mol. The van der Waals surface area contributed by atoms with Crippen molar-refractivity contribution >= 4 is 34.5 Å². The van der Waals surface area contributed by atoms with Crippen LogP contribution in [-0.4, -0.2) is 12.7 Å². The molecule has 0 aliphatic carbocycles. The summed E-state index contributed by atoms with van der Waals surface area (Å²) < 4.78 is 37.6. The van der Waals surface area contributed by atoms with Crippen molar-refractivity contribution in [3.05, 3.63) is 20.3 Å². The molecule has 1 nitrogen and oxygen atoms in total. The minimum Gasteiger partial charge on any atom is -0.310 e. The van der Waals surface area contributed by atoms with Crippen molar-refractivity contribution in [1.82, 2.24) is 5.32 Å². The van der Waals surface area contributed by atoms with Gasteiger partial charge < -0.3 is 5.32 Å². The molecule has 1 heterocycles. The first-order valence-electron chi connectivity index (χ1n) is 6.08. The van der Waals surface area contributed by atoms with Gasteiger partial charge in [-0.3, -0.25) is 0 Å². The third-order valence-electron chi connectivity index (χ3n) is 2.65. The van der Waals surface area contributed by atoms with E-state index in [-0.39, 0.29) is 12.5 Å². The van der Waals surface area contributed by atoms with E-state index in [1.165, 1.54) is 11.3 Å². The molecule has 0 saturated heterocycles. The molecule has 1 unspecified atom stereocenters. The smallest absolute Gasteiger partial charge is 0.310 e. The highest BCUT2D eigenvalue weighted by molar-refractivity contribution is 7.20. The molecule has 0 aromatic carbocycles. The Hall–Kier alpha value is 0.0300. The van der Waals surface area contributed by atoms with Crippen molar-refractivity contribution in [1.29, 1.82) is 0 Å². The lowest BCUT2D eigenvalue weighted by atomic mass is 10.0. The van der Waals surface area contributed by atoms with Crippen molar-refractivity contribution in [2.24, 2.45) is 0 Å². The number of thiophene rings is 1. The molecule has 0 aliphatic rings. The van der Waals surface area contributed by atoms with E-state index in [9.17, 15) is 13.2 Å². The third-order valence-corrected chi connectivity index (χ3v) is 4.17. The van der Waals surface area contributed by atoms with Crippen LogP contribution in [0, 0.1) is 0 Å². The maximum absolute atomic E-state index is 12.2. The molecular formula is C12H16Cl2F3NS. The summed E-state index contributed by atoms with van der Waals surface area (Å²) in [6, 6.07) is 1.56. The Bertz CT molecular complexity index is 393. The molecule has 0 bridgehead atoms. The molecule has 0 saturated carbocycles. The van der Waals surface area contributed by atoms with Crippen molar-refractivity contribution in [2.45, 2.75) is 44.8 Å². The summed E-state index contributed by atoms with van der Waals surface area (Å²) in [5.74, 6) is 0. The lowest BCUT2D eigenvalue weighted by molar-refractivity contribution is -0.135. The molecule has 1 rings (SSSR count). The number of alkyl halides is 3.